The number of carboxylic acids is 1. The number of rotatable bonds is 5. The Bertz CT molecular complexity index is 557. The SMILES string of the molecule is O=C(O)CCN(C(=O)[C@@H]1Cc2ccccc2O1)C1CCOCC1. The van der Waals surface area contributed by atoms with Crippen LogP contribution in [0.4, 0.5) is 0 Å². The number of hydrogen-bond acceptors (Lipinski definition) is 4. The predicted octanol–water partition coefficient (Wildman–Crippen LogP) is 1.47. The molecule has 23 heavy (non-hydrogen) atoms. The van der Waals surface area contributed by atoms with Crippen molar-refractivity contribution in [3.05, 3.63) is 29.8 Å². The number of carboxylic acid groups (broad SMARTS) is 1. The molecule has 2 aliphatic heterocycles. The van der Waals surface area contributed by atoms with Gasteiger partial charge in [-0.3, -0.25) is 9.59 Å². The van der Waals surface area contributed by atoms with Crippen LogP contribution in [-0.4, -0.2) is 53.8 Å². The van der Waals surface area contributed by atoms with Crippen LogP contribution in [0.1, 0.15) is 24.8 Å². The van der Waals surface area contributed by atoms with Crippen molar-refractivity contribution in [2.75, 3.05) is 19.8 Å². The van der Waals surface area contributed by atoms with Gasteiger partial charge in [0.2, 0.25) is 0 Å². The fraction of sp³-hybridized carbons (Fsp3) is 0.529. The molecule has 3 rings (SSSR count). The zero-order valence-corrected chi connectivity index (χ0v) is 12.9. The molecule has 0 aliphatic carbocycles. The number of amides is 1. The van der Waals surface area contributed by atoms with Crippen molar-refractivity contribution in [3.63, 3.8) is 0 Å². The molecule has 2 heterocycles. The van der Waals surface area contributed by atoms with Crippen LogP contribution in [0.2, 0.25) is 0 Å². The lowest BCUT2D eigenvalue weighted by molar-refractivity contribution is -0.144. The molecule has 1 N–H and O–H groups in total. The Morgan fingerprint density at radius 2 is 1.96 bits per heavy atom. The molecule has 0 spiro atoms. The average Bonchev–Trinajstić information content (AvgIpc) is 2.99. The summed E-state index contributed by atoms with van der Waals surface area (Å²) in [7, 11) is 0. The van der Waals surface area contributed by atoms with Crippen LogP contribution in [0.3, 0.4) is 0 Å². The quantitative estimate of drug-likeness (QED) is 0.889. The summed E-state index contributed by atoms with van der Waals surface area (Å²) in [6.45, 7) is 1.43. The van der Waals surface area contributed by atoms with Crippen molar-refractivity contribution in [1.82, 2.24) is 4.90 Å². The molecular formula is C17H21NO5. The third kappa shape index (κ3) is 3.64. The van der Waals surface area contributed by atoms with Crippen LogP contribution in [0.25, 0.3) is 0 Å². The van der Waals surface area contributed by atoms with Crippen LogP contribution >= 0.6 is 0 Å². The lowest BCUT2D eigenvalue weighted by atomic mass is 10.0. The van der Waals surface area contributed by atoms with E-state index in [1.807, 2.05) is 24.3 Å². The van der Waals surface area contributed by atoms with Crippen molar-refractivity contribution in [1.29, 1.82) is 0 Å². The summed E-state index contributed by atoms with van der Waals surface area (Å²) >= 11 is 0. The number of carbonyl (C=O) groups is 2. The molecule has 1 aromatic rings. The van der Waals surface area contributed by atoms with Crippen molar-refractivity contribution in [2.24, 2.45) is 0 Å². The molecule has 124 valence electrons. The molecule has 0 saturated carbocycles. The third-order valence-corrected chi connectivity index (χ3v) is 4.40. The maximum absolute atomic E-state index is 12.9. The van der Waals surface area contributed by atoms with Crippen molar-refractivity contribution >= 4 is 11.9 Å². The molecule has 1 amide bonds. The lowest BCUT2D eigenvalue weighted by Gasteiger charge is -2.35. The van der Waals surface area contributed by atoms with E-state index < -0.39 is 12.1 Å². The van der Waals surface area contributed by atoms with Gasteiger partial charge in [-0.05, 0) is 24.5 Å². The molecule has 0 bridgehead atoms. The maximum atomic E-state index is 12.9. The highest BCUT2D eigenvalue weighted by molar-refractivity contribution is 5.83. The van der Waals surface area contributed by atoms with E-state index in [1.54, 1.807) is 4.90 Å². The summed E-state index contributed by atoms with van der Waals surface area (Å²) in [5.74, 6) is -0.268. The number of fused-ring (bicyclic) bond motifs is 1. The molecule has 0 aromatic heterocycles. The topological polar surface area (TPSA) is 76.1 Å². The maximum Gasteiger partial charge on any atom is 0.305 e. The summed E-state index contributed by atoms with van der Waals surface area (Å²) in [5, 5.41) is 8.96. The lowest BCUT2D eigenvalue weighted by Crippen LogP contribution is -2.49. The smallest absolute Gasteiger partial charge is 0.305 e. The zero-order valence-electron chi connectivity index (χ0n) is 12.9. The van der Waals surface area contributed by atoms with Crippen molar-refractivity contribution < 1.29 is 24.2 Å². The summed E-state index contributed by atoms with van der Waals surface area (Å²) < 4.78 is 11.1. The zero-order chi connectivity index (χ0) is 16.2. The first kappa shape index (κ1) is 15.8. The molecule has 6 nitrogen and oxygen atoms in total. The van der Waals surface area contributed by atoms with E-state index in [-0.39, 0.29) is 24.9 Å². The van der Waals surface area contributed by atoms with Gasteiger partial charge in [0.15, 0.2) is 6.10 Å². The van der Waals surface area contributed by atoms with Crippen molar-refractivity contribution in [3.8, 4) is 5.75 Å². The van der Waals surface area contributed by atoms with Gasteiger partial charge in [-0.25, -0.2) is 0 Å². The average molecular weight is 319 g/mol. The van der Waals surface area contributed by atoms with Crippen molar-refractivity contribution in [2.45, 2.75) is 37.8 Å². The van der Waals surface area contributed by atoms with Crippen LogP contribution in [0.5, 0.6) is 5.75 Å². The fourth-order valence-corrected chi connectivity index (χ4v) is 3.19. The Balaban J connectivity index is 1.71. The summed E-state index contributed by atoms with van der Waals surface area (Å²) in [5.41, 5.74) is 1.02. The second kappa shape index (κ2) is 7.00. The molecular weight excluding hydrogens is 298 g/mol. The molecule has 1 aromatic carbocycles. The molecule has 2 aliphatic rings. The van der Waals surface area contributed by atoms with E-state index >= 15 is 0 Å². The third-order valence-electron chi connectivity index (χ3n) is 4.40. The van der Waals surface area contributed by atoms with E-state index in [0.717, 1.165) is 24.2 Å². The van der Waals surface area contributed by atoms with Gasteiger partial charge in [-0.15, -0.1) is 0 Å². The Hall–Kier alpha value is -2.08. The van der Waals surface area contributed by atoms with E-state index in [9.17, 15) is 9.59 Å². The number of hydrogen-bond donors (Lipinski definition) is 1. The Labute approximate surface area is 135 Å². The van der Waals surface area contributed by atoms with Crippen LogP contribution < -0.4 is 4.74 Å². The van der Waals surface area contributed by atoms with Gasteiger partial charge in [0.05, 0.1) is 6.42 Å². The highest BCUT2D eigenvalue weighted by Crippen LogP contribution is 2.30. The van der Waals surface area contributed by atoms with Gasteiger partial charge in [-0.2, -0.15) is 0 Å². The van der Waals surface area contributed by atoms with E-state index in [4.69, 9.17) is 14.6 Å². The highest BCUT2D eigenvalue weighted by atomic mass is 16.5. The van der Waals surface area contributed by atoms with E-state index in [2.05, 4.69) is 0 Å². The Morgan fingerprint density at radius 1 is 1.22 bits per heavy atom. The second-order valence-corrected chi connectivity index (χ2v) is 5.94. The number of carbonyl (C=O) groups excluding carboxylic acids is 1. The molecule has 1 atom stereocenters. The summed E-state index contributed by atoms with van der Waals surface area (Å²) in [6.07, 6.45) is 1.42. The standard InChI is InChI=1S/C17H21NO5/c19-16(20)5-8-18(13-6-9-22-10-7-13)17(21)15-11-12-3-1-2-4-14(12)23-15/h1-4,13,15H,5-11H2,(H,19,20)/t15-/m0/s1. The Morgan fingerprint density at radius 3 is 2.65 bits per heavy atom. The monoisotopic (exact) mass is 319 g/mol. The first-order valence-corrected chi connectivity index (χ1v) is 7.99. The summed E-state index contributed by atoms with van der Waals surface area (Å²) in [6, 6.07) is 7.65. The molecule has 1 saturated heterocycles. The highest BCUT2D eigenvalue weighted by Gasteiger charge is 2.35. The van der Waals surface area contributed by atoms with Gasteiger partial charge in [-0.1, -0.05) is 18.2 Å². The minimum atomic E-state index is -0.898. The van der Waals surface area contributed by atoms with Crippen LogP contribution in [-0.2, 0) is 20.7 Å². The predicted molar refractivity (Wildman–Crippen MR) is 82.4 cm³/mol. The van der Waals surface area contributed by atoms with Gasteiger partial charge in [0.1, 0.15) is 5.75 Å². The molecule has 6 heteroatoms. The van der Waals surface area contributed by atoms with Crippen LogP contribution in [0.15, 0.2) is 24.3 Å². The first-order chi connectivity index (χ1) is 11.1. The minimum Gasteiger partial charge on any atom is -0.481 e. The van der Waals surface area contributed by atoms with Gasteiger partial charge in [0, 0.05) is 32.2 Å². The van der Waals surface area contributed by atoms with E-state index in [0.29, 0.717) is 19.6 Å². The minimum absolute atomic E-state index is 0.0305. The molecule has 0 radical (unpaired) electrons. The number of para-hydroxylation sites is 1. The number of ether oxygens (including phenoxy) is 2. The fourth-order valence-electron chi connectivity index (χ4n) is 3.19. The Kier molecular flexibility index (Phi) is 4.81. The normalized spacial score (nSPS) is 20.6. The van der Waals surface area contributed by atoms with E-state index in [1.165, 1.54) is 0 Å². The van der Waals surface area contributed by atoms with Crippen LogP contribution in [0, 0.1) is 0 Å². The largest absolute Gasteiger partial charge is 0.481 e. The number of nitrogens with zero attached hydrogens (tertiary/aromatic N) is 1. The molecule has 1 fully saturated rings. The summed E-state index contributed by atoms with van der Waals surface area (Å²) in [4.78, 5) is 25.5. The van der Waals surface area contributed by atoms with Gasteiger partial charge < -0.3 is 19.5 Å². The number of benzene rings is 1. The van der Waals surface area contributed by atoms with Gasteiger partial charge >= 0.3 is 5.97 Å². The molecule has 0 unspecified atom stereocenters. The second-order valence-electron chi connectivity index (χ2n) is 5.94. The number of aliphatic carboxylic acids is 1. The first-order valence-electron chi connectivity index (χ1n) is 7.99. The van der Waals surface area contributed by atoms with Gasteiger partial charge in [0.25, 0.3) is 5.91 Å².